The third-order valence-corrected chi connectivity index (χ3v) is 2.55. The van der Waals surface area contributed by atoms with Gasteiger partial charge >= 0.3 is 0 Å². The van der Waals surface area contributed by atoms with Gasteiger partial charge in [-0.2, -0.15) is 5.10 Å². The Balaban J connectivity index is 2.10. The Bertz CT molecular complexity index is 347. The van der Waals surface area contributed by atoms with Gasteiger partial charge in [-0.3, -0.25) is 4.79 Å². The van der Waals surface area contributed by atoms with E-state index in [0.717, 1.165) is 13.0 Å². The summed E-state index contributed by atoms with van der Waals surface area (Å²) in [7, 11) is 0. The second-order valence-corrected chi connectivity index (χ2v) is 3.63. The largest absolute Gasteiger partial charge is 0.379 e. The molecule has 0 radical (unpaired) electrons. The first-order valence-corrected chi connectivity index (χ1v) is 5.32. The van der Waals surface area contributed by atoms with Gasteiger partial charge in [0.15, 0.2) is 0 Å². The van der Waals surface area contributed by atoms with E-state index in [2.05, 4.69) is 10.4 Å². The zero-order chi connectivity index (χ0) is 10.7. The van der Waals surface area contributed by atoms with Crippen molar-refractivity contribution >= 4 is 23.3 Å². The van der Waals surface area contributed by atoms with Gasteiger partial charge in [0.25, 0.3) is 0 Å². The maximum atomic E-state index is 11.1. The molecule has 5 nitrogen and oxygen atoms in total. The molecule has 1 atom stereocenters. The number of alkyl halides is 1. The van der Waals surface area contributed by atoms with Crippen LogP contribution in [-0.2, 0) is 9.53 Å². The number of amides is 1. The van der Waals surface area contributed by atoms with Gasteiger partial charge < -0.3 is 10.1 Å². The topological polar surface area (TPSA) is 56.2 Å². The molecular weight excluding hydrogens is 218 g/mol. The number of ether oxygens (including phenoxy) is 1. The van der Waals surface area contributed by atoms with Gasteiger partial charge in [-0.1, -0.05) is 0 Å². The van der Waals surface area contributed by atoms with E-state index in [1.807, 2.05) is 0 Å². The number of anilines is 1. The Kier molecular flexibility index (Phi) is 3.23. The summed E-state index contributed by atoms with van der Waals surface area (Å²) in [6.07, 6.45) is 2.58. The molecule has 2 heterocycles. The number of nitrogens with zero attached hydrogens (tertiary/aromatic N) is 2. The van der Waals surface area contributed by atoms with Gasteiger partial charge in [-0.15, -0.1) is 11.6 Å². The molecule has 6 heteroatoms. The molecule has 1 aliphatic heterocycles. The van der Waals surface area contributed by atoms with E-state index in [1.165, 1.54) is 0 Å². The molecule has 1 aliphatic rings. The van der Waals surface area contributed by atoms with E-state index in [1.54, 1.807) is 16.9 Å². The van der Waals surface area contributed by atoms with E-state index in [4.69, 9.17) is 16.3 Å². The van der Waals surface area contributed by atoms with Gasteiger partial charge in [0.2, 0.25) is 5.91 Å². The molecule has 82 valence electrons. The van der Waals surface area contributed by atoms with Crippen LogP contribution in [0.1, 0.15) is 12.5 Å². The highest BCUT2D eigenvalue weighted by molar-refractivity contribution is 6.29. The molecule has 0 aliphatic carbocycles. The molecule has 1 amide bonds. The van der Waals surface area contributed by atoms with Crippen LogP contribution in [0.3, 0.4) is 0 Å². The van der Waals surface area contributed by atoms with Crippen molar-refractivity contribution in [1.82, 2.24) is 9.78 Å². The third kappa shape index (κ3) is 2.30. The van der Waals surface area contributed by atoms with Gasteiger partial charge in [-0.05, 0) is 6.42 Å². The minimum absolute atomic E-state index is 0.0493. The van der Waals surface area contributed by atoms with Crippen molar-refractivity contribution in [2.75, 3.05) is 24.4 Å². The van der Waals surface area contributed by atoms with Gasteiger partial charge in [0.1, 0.15) is 11.7 Å². The van der Waals surface area contributed by atoms with Crippen LogP contribution >= 0.6 is 11.6 Å². The lowest BCUT2D eigenvalue weighted by Crippen LogP contribution is -2.19. The van der Waals surface area contributed by atoms with Crippen molar-refractivity contribution in [3.05, 3.63) is 12.3 Å². The summed E-state index contributed by atoms with van der Waals surface area (Å²) in [5, 5.41) is 6.86. The highest BCUT2D eigenvalue weighted by Crippen LogP contribution is 2.22. The molecule has 1 aromatic heterocycles. The lowest BCUT2D eigenvalue weighted by Gasteiger charge is -2.12. The first kappa shape index (κ1) is 10.4. The fourth-order valence-electron chi connectivity index (χ4n) is 1.60. The van der Waals surface area contributed by atoms with Crippen molar-refractivity contribution in [3.63, 3.8) is 0 Å². The summed E-state index contributed by atoms with van der Waals surface area (Å²) in [6, 6.07) is 1.97. The summed E-state index contributed by atoms with van der Waals surface area (Å²) < 4.78 is 7.04. The Hall–Kier alpha value is -1.07. The van der Waals surface area contributed by atoms with Crippen LogP contribution in [0.2, 0.25) is 0 Å². The lowest BCUT2D eigenvalue weighted by atomic mass is 10.3. The van der Waals surface area contributed by atoms with E-state index in [0.29, 0.717) is 12.4 Å². The van der Waals surface area contributed by atoms with Crippen LogP contribution in [0.25, 0.3) is 0 Å². The number of carbonyl (C=O) groups excluding carboxylic acids is 1. The van der Waals surface area contributed by atoms with E-state index < -0.39 is 0 Å². The van der Waals surface area contributed by atoms with Crippen LogP contribution < -0.4 is 5.32 Å². The lowest BCUT2D eigenvalue weighted by molar-refractivity contribution is -0.114. The fraction of sp³-hybridized carbons (Fsp3) is 0.556. The smallest absolute Gasteiger partial charge is 0.240 e. The molecule has 1 fully saturated rings. The van der Waals surface area contributed by atoms with Crippen molar-refractivity contribution in [2.45, 2.75) is 12.5 Å². The molecule has 0 bridgehead atoms. The Morgan fingerprint density at radius 3 is 3.33 bits per heavy atom. The zero-order valence-electron chi connectivity index (χ0n) is 8.15. The molecule has 15 heavy (non-hydrogen) atoms. The molecule has 1 N–H and O–H groups in total. The fourth-order valence-corrected chi connectivity index (χ4v) is 1.66. The normalized spacial score (nSPS) is 20.5. The van der Waals surface area contributed by atoms with E-state index in [-0.39, 0.29) is 17.8 Å². The maximum Gasteiger partial charge on any atom is 0.240 e. The number of hydrogen-bond donors (Lipinski definition) is 1. The summed E-state index contributed by atoms with van der Waals surface area (Å²) in [5.41, 5.74) is 0. The summed E-state index contributed by atoms with van der Waals surface area (Å²) >= 11 is 5.41. The van der Waals surface area contributed by atoms with Crippen LogP contribution in [-0.4, -0.2) is 34.8 Å². The third-order valence-electron chi connectivity index (χ3n) is 2.31. The molecule has 1 unspecified atom stereocenters. The molecule has 0 saturated carbocycles. The number of aromatic nitrogens is 2. The monoisotopic (exact) mass is 229 g/mol. The van der Waals surface area contributed by atoms with Crippen molar-refractivity contribution in [3.8, 4) is 0 Å². The second kappa shape index (κ2) is 4.63. The summed E-state index contributed by atoms with van der Waals surface area (Å²) in [4.78, 5) is 11.1. The van der Waals surface area contributed by atoms with Crippen molar-refractivity contribution < 1.29 is 9.53 Å². The second-order valence-electron chi connectivity index (χ2n) is 3.36. The van der Waals surface area contributed by atoms with E-state index >= 15 is 0 Å². The molecule has 0 aromatic carbocycles. The minimum atomic E-state index is -0.225. The first-order valence-electron chi connectivity index (χ1n) is 4.78. The van der Waals surface area contributed by atoms with Crippen molar-refractivity contribution in [1.29, 1.82) is 0 Å². The number of halogens is 1. The number of hydrogen-bond acceptors (Lipinski definition) is 3. The highest BCUT2D eigenvalue weighted by atomic mass is 35.5. The standard InChI is InChI=1S/C9H12ClN3O2/c10-5-9(14)12-8-1-3-11-13(8)7-2-4-15-6-7/h1,3,7H,2,4-6H2,(H,12,14). The van der Waals surface area contributed by atoms with Crippen LogP contribution in [0.4, 0.5) is 5.82 Å². The Labute approximate surface area is 92.4 Å². The Morgan fingerprint density at radius 1 is 1.80 bits per heavy atom. The summed E-state index contributed by atoms with van der Waals surface area (Å²) in [5.74, 6) is 0.403. The van der Waals surface area contributed by atoms with Gasteiger partial charge in [0.05, 0.1) is 18.8 Å². The molecule has 2 rings (SSSR count). The van der Waals surface area contributed by atoms with Gasteiger partial charge in [-0.25, -0.2) is 4.68 Å². The van der Waals surface area contributed by atoms with Crippen LogP contribution in [0, 0.1) is 0 Å². The SMILES string of the molecule is O=C(CCl)Nc1ccnn1C1CCOC1. The van der Waals surface area contributed by atoms with Crippen LogP contribution in [0.15, 0.2) is 12.3 Å². The van der Waals surface area contributed by atoms with Gasteiger partial charge in [0, 0.05) is 12.7 Å². The predicted octanol–water partition coefficient (Wildman–Crippen LogP) is 1.02. The number of rotatable bonds is 3. The molecule has 0 spiro atoms. The van der Waals surface area contributed by atoms with Crippen LogP contribution in [0.5, 0.6) is 0 Å². The van der Waals surface area contributed by atoms with Crippen molar-refractivity contribution in [2.24, 2.45) is 0 Å². The first-order chi connectivity index (χ1) is 7.31. The molecule has 1 aromatic rings. The molecular formula is C9H12ClN3O2. The number of carbonyl (C=O) groups is 1. The average molecular weight is 230 g/mol. The summed E-state index contributed by atoms with van der Waals surface area (Å²) in [6.45, 7) is 1.39. The average Bonchev–Trinajstić information content (AvgIpc) is 2.86. The number of nitrogens with one attached hydrogen (secondary N) is 1. The Morgan fingerprint density at radius 2 is 2.67 bits per heavy atom. The highest BCUT2D eigenvalue weighted by Gasteiger charge is 2.20. The quantitative estimate of drug-likeness (QED) is 0.788. The zero-order valence-corrected chi connectivity index (χ0v) is 8.91. The maximum absolute atomic E-state index is 11.1. The molecule has 1 saturated heterocycles. The van der Waals surface area contributed by atoms with E-state index in [9.17, 15) is 4.79 Å². The predicted molar refractivity (Wildman–Crippen MR) is 56.0 cm³/mol. The minimum Gasteiger partial charge on any atom is -0.379 e.